The van der Waals surface area contributed by atoms with Crippen LogP contribution in [0.15, 0.2) is 35.5 Å². The minimum atomic E-state index is -0.381. The van der Waals surface area contributed by atoms with Gasteiger partial charge >= 0.3 is 0 Å². The van der Waals surface area contributed by atoms with Gasteiger partial charge in [0.15, 0.2) is 5.16 Å². The van der Waals surface area contributed by atoms with Gasteiger partial charge in [-0.15, -0.1) is 11.3 Å². The molecule has 102 valence electrons. The Morgan fingerprint density at radius 3 is 2.80 bits per heavy atom. The molecule has 2 aromatic heterocycles. The average Bonchev–Trinajstić information content (AvgIpc) is 2.98. The molecule has 0 aliphatic rings. The molecule has 1 aromatic carbocycles. The fourth-order valence-electron chi connectivity index (χ4n) is 2.17. The molecule has 3 aromatic rings. The van der Waals surface area contributed by atoms with Crippen LogP contribution in [-0.2, 0) is 0 Å². The summed E-state index contributed by atoms with van der Waals surface area (Å²) in [5, 5.41) is 1.87. The molecule has 0 aliphatic heterocycles. The number of aromatic nitrogens is 2. The highest BCUT2D eigenvalue weighted by Gasteiger charge is 2.16. The fourth-order valence-corrected chi connectivity index (χ4v) is 3.84. The van der Waals surface area contributed by atoms with Crippen LogP contribution in [0.4, 0.5) is 0 Å². The summed E-state index contributed by atoms with van der Waals surface area (Å²) in [4.78, 5) is 16.6. The predicted molar refractivity (Wildman–Crippen MR) is 84.0 cm³/mol. The first kappa shape index (κ1) is 13.2. The molecule has 0 fully saturated rings. The zero-order valence-corrected chi connectivity index (χ0v) is 12.7. The lowest BCUT2D eigenvalue weighted by Crippen LogP contribution is -2.09. The van der Waals surface area contributed by atoms with Crippen molar-refractivity contribution in [1.82, 2.24) is 9.55 Å². The minimum Gasteiger partial charge on any atom is -0.365 e. The Balaban J connectivity index is 2.28. The number of primary amides is 1. The molecular weight excluding hydrogens is 290 g/mol. The van der Waals surface area contributed by atoms with Gasteiger partial charge in [-0.05, 0) is 36.9 Å². The third-order valence-corrected chi connectivity index (χ3v) is 4.94. The summed E-state index contributed by atoms with van der Waals surface area (Å²) in [5.41, 5.74) is 8.29. The summed E-state index contributed by atoms with van der Waals surface area (Å²) in [7, 11) is 0. The molecule has 0 saturated carbocycles. The third-order valence-electron chi connectivity index (χ3n) is 3.06. The van der Waals surface area contributed by atoms with Gasteiger partial charge in [0.1, 0.15) is 5.00 Å². The Bertz CT molecular complexity index is 804. The van der Waals surface area contributed by atoms with E-state index in [2.05, 4.69) is 9.55 Å². The van der Waals surface area contributed by atoms with Gasteiger partial charge < -0.3 is 5.73 Å². The van der Waals surface area contributed by atoms with Crippen molar-refractivity contribution in [2.24, 2.45) is 5.73 Å². The van der Waals surface area contributed by atoms with Crippen LogP contribution in [0.25, 0.3) is 16.0 Å². The molecule has 1 amide bonds. The van der Waals surface area contributed by atoms with E-state index in [0.717, 1.165) is 26.8 Å². The van der Waals surface area contributed by atoms with Gasteiger partial charge in [0.05, 0.1) is 15.9 Å². The summed E-state index contributed by atoms with van der Waals surface area (Å²) >= 11 is 2.99. The van der Waals surface area contributed by atoms with Crippen LogP contribution < -0.4 is 5.73 Å². The quantitative estimate of drug-likeness (QED) is 0.756. The number of amides is 1. The van der Waals surface area contributed by atoms with Gasteiger partial charge in [-0.2, -0.15) is 0 Å². The second-order valence-corrected chi connectivity index (χ2v) is 6.19. The highest BCUT2D eigenvalue weighted by molar-refractivity contribution is 7.98. The topological polar surface area (TPSA) is 60.9 Å². The van der Waals surface area contributed by atoms with Crippen molar-refractivity contribution in [3.05, 3.63) is 40.8 Å². The lowest BCUT2D eigenvalue weighted by Gasteiger charge is -2.03. The van der Waals surface area contributed by atoms with Crippen LogP contribution in [0.1, 0.15) is 15.2 Å². The molecule has 0 atom stereocenters. The van der Waals surface area contributed by atoms with E-state index >= 15 is 0 Å². The van der Waals surface area contributed by atoms with Gasteiger partial charge in [-0.1, -0.05) is 23.9 Å². The summed E-state index contributed by atoms with van der Waals surface area (Å²) < 4.78 is 2.07. The van der Waals surface area contributed by atoms with E-state index in [1.54, 1.807) is 11.8 Å². The van der Waals surface area contributed by atoms with E-state index < -0.39 is 0 Å². The number of hydrogen-bond acceptors (Lipinski definition) is 4. The van der Waals surface area contributed by atoms with Crippen molar-refractivity contribution in [2.45, 2.75) is 12.1 Å². The normalized spacial score (nSPS) is 11.1. The first-order valence-corrected chi connectivity index (χ1v) is 8.08. The van der Waals surface area contributed by atoms with Crippen LogP contribution in [-0.4, -0.2) is 21.7 Å². The lowest BCUT2D eigenvalue weighted by molar-refractivity contribution is 0.100. The second-order valence-electron chi connectivity index (χ2n) is 4.38. The smallest absolute Gasteiger partial charge is 0.259 e. The monoisotopic (exact) mass is 303 g/mol. The number of carbonyl (C=O) groups is 1. The first-order valence-electron chi connectivity index (χ1n) is 6.04. The minimum absolute atomic E-state index is 0.381. The number of rotatable bonds is 3. The second kappa shape index (κ2) is 4.96. The Hall–Kier alpha value is -1.79. The van der Waals surface area contributed by atoms with Crippen molar-refractivity contribution in [2.75, 3.05) is 6.26 Å². The zero-order chi connectivity index (χ0) is 14.3. The standard InChI is InChI=1S/C14H13N3OS2/c1-8-7-11(20-12(8)13(15)18)17-10-6-4-3-5-9(10)16-14(17)19-2/h3-7H,1-2H3,(H2,15,18). The van der Waals surface area contributed by atoms with Crippen LogP contribution in [0.2, 0.25) is 0 Å². The Kier molecular flexibility index (Phi) is 3.27. The SMILES string of the molecule is CSc1nc2ccccc2n1-c1cc(C)c(C(N)=O)s1. The number of benzene rings is 1. The maximum atomic E-state index is 11.4. The van der Waals surface area contributed by atoms with E-state index in [0.29, 0.717) is 4.88 Å². The molecule has 2 heterocycles. The van der Waals surface area contributed by atoms with Crippen molar-refractivity contribution < 1.29 is 4.79 Å². The molecule has 0 radical (unpaired) electrons. The van der Waals surface area contributed by atoms with E-state index in [4.69, 9.17) is 5.73 Å². The first-order chi connectivity index (χ1) is 9.61. The van der Waals surface area contributed by atoms with E-state index in [1.807, 2.05) is 43.5 Å². The number of carbonyl (C=O) groups excluding carboxylic acids is 1. The molecule has 2 N–H and O–H groups in total. The lowest BCUT2D eigenvalue weighted by atomic mass is 10.3. The van der Waals surface area contributed by atoms with E-state index in [-0.39, 0.29) is 5.91 Å². The van der Waals surface area contributed by atoms with E-state index in [9.17, 15) is 4.79 Å². The predicted octanol–water partition coefficient (Wildman–Crippen LogP) is 3.22. The molecular formula is C14H13N3OS2. The van der Waals surface area contributed by atoms with Crippen molar-refractivity contribution in [1.29, 1.82) is 0 Å². The van der Waals surface area contributed by atoms with Crippen molar-refractivity contribution in [3.63, 3.8) is 0 Å². The number of aryl methyl sites for hydroxylation is 1. The number of imidazole rings is 1. The number of thiophene rings is 1. The number of nitrogens with two attached hydrogens (primary N) is 1. The van der Waals surface area contributed by atoms with Crippen LogP contribution >= 0.6 is 23.1 Å². The van der Waals surface area contributed by atoms with Crippen molar-refractivity contribution >= 4 is 40.0 Å². The van der Waals surface area contributed by atoms with Crippen LogP contribution in [0.3, 0.4) is 0 Å². The maximum Gasteiger partial charge on any atom is 0.259 e. The molecule has 3 rings (SSSR count). The van der Waals surface area contributed by atoms with Crippen LogP contribution in [0, 0.1) is 6.92 Å². The molecule has 4 nitrogen and oxygen atoms in total. The van der Waals surface area contributed by atoms with Gasteiger partial charge in [0.2, 0.25) is 0 Å². The Morgan fingerprint density at radius 2 is 2.15 bits per heavy atom. The van der Waals surface area contributed by atoms with Gasteiger partial charge in [-0.3, -0.25) is 9.36 Å². The molecule has 0 saturated heterocycles. The summed E-state index contributed by atoms with van der Waals surface area (Å²) in [6.07, 6.45) is 1.99. The number of hydrogen-bond donors (Lipinski definition) is 1. The molecule has 0 aliphatic carbocycles. The Morgan fingerprint density at radius 1 is 1.40 bits per heavy atom. The van der Waals surface area contributed by atoms with Gasteiger partial charge in [0.25, 0.3) is 5.91 Å². The van der Waals surface area contributed by atoms with Gasteiger partial charge in [-0.25, -0.2) is 4.98 Å². The van der Waals surface area contributed by atoms with Gasteiger partial charge in [0, 0.05) is 0 Å². The number of nitrogens with zero attached hydrogens (tertiary/aromatic N) is 2. The summed E-state index contributed by atoms with van der Waals surface area (Å²) in [5.74, 6) is -0.381. The molecule has 0 bridgehead atoms. The van der Waals surface area contributed by atoms with Crippen molar-refractivity contribution in [3.8, 4) is 5.00 Å². The summed E-state index contributed by atoms with van der Waals surface area (Å²) in [6.45, 7) is 1.90. The number of fused-ring (bicyclic) bond motifs is 1. The highest BCUT2D eigenvalue weighted by atomic mass is 32.2. The zero-order valence-electron chi connectivity index (χ0n) is 11.1. The van der Waals surface area contributed by atoms with E-state index in [1.165, 1.54) is 11.3 Å². The fraction of sp³-hybridized carbons (Fsp3) is 0.143. The van der Waals surface area contributed by atoms with Crippen LogP contribution in [0.5, 0.6) is 0 Å². The Labute approximate surface area is 124 Å². The largest absolute Gasteiger partial charge is 0.365 e. The number of para-hydroxylation sites is 2. The molecule has 0 unspecified atom stereocenters. The number of thioether (sulfide) groups is 1. The molecule has 6 heteroatoms. The molecule has 20 heavy (non-hydrogen) atoms. The highest BCUT2D eigenvalue weighted by Crippen LogP contribution is 2.32. The maximum absolute atomic E-state index is 11.4. The third kappa shape index (κ3) is 2.01. The average molecular weight is 303 g/mol. The molecule has 0 spiro atoms. The summed E-state index contributed by atoms with van der Waals surface area (Å²) in [6, 6.07) is 9.96.